The number of ether oxygens (including phenoxy) is 2. The molecule has 2 aliphatic rings. The van der Waals surface area contributed by atoms with Crippen LogP contribution >= 0.6 is 0 Å². The van der Waals surface area contributed by atoms with Crippen LogP contribution < -0.4 is 10.1 Å². The second-order valence-corrected chi connectivity index (χ2v) is 8.07. The molecule has 0 aliphatic carbocycles. The van der Waals surface area contributed by atoms with Gasteiger partial charge < -0.3 is 19.9 Å². The fraction of sp³-hybridized carbons (Fsp3) is 0.478. The van der Waals surface area contributed by atoms with Crippen LogP contribution in [-0.2, 0) is 4.74 Å². The lowest BCUT2D eigenvalue weighted by Gasteiger charge is -2.41. The lowest BCUT2D eigenvalue weighted by Crippen LogP contribution is -2.48. The molecule has 0 amide bonds. The molecule has 0 bridgehead atoms. The first-order valence-corrected chi connectivity index (χ1v) is 9.99. The van der Waals surface area contributed by atoms with Crippen molar-refractivity contribution in [2.45, 2.75) is 56.8 Å². The Balaban J connectivity index is 1.63. The molecule has 2 heterocycles. The van der Waals surface area contributed by atoms with Crippen LogP contribution in [0.2, 0.25) is 0 Å². The third-order valence-corrected chi connectivity index (χ3v) is 5.74. The number of rotatable bonds is 4. The molecule has 4 nitrogen and oxygen atoms in total. The summed E-state index contributed by atoms with van der Waals surface area (Å²) >= 11 is 0. The number of phenols is 1. The molecule has 2 aromatic rings. The van der Waals surface area contributed by atoms with Crippen LogP contribution in [-0.4, -0.2) is 30.0 Å². The molecule has 1 spiro atoms. The quantitative estimate of drug-likeness (QED) is 0.833. The third-order valence-electron chi connectivity index (χ3n) is 5.74. The summed E-state index contributed by atoms with van der Waals surface area (Å²) in [5, 5.41) is 13.7. The molecule has 2 fully saturated rings. The molecule has 0 saturated carbocycles. The molecular weight excluding hydrogens is 338 g/mol. The second kappa shape index (κ2) is 7.53. The van der Waals surface area contributed by atoms with Crippen molar-refractivity contribution in [1.82, 2.24) is 5.32 Å². The predicted molar refractivity (Wildman–Crippen MR) is 106 cm³/mol. The number of phenolic OH excluding ortho intramolecular Hbond substituents is 1. The van der Waals surface area contributed by atoms with Crippen molar-refractivity contribution in [2.75, 3.05) is 13.2 Å². The molecule has 2 N–H and O–H groups in total. The first-order valence-electron chi connectivity index (χ1n) is 9.99. The summed E-state index contributed by atoms with van der Waals surface area (Å²) in [6.45, 7) is 5.73. The van der Waals surface area contributed by atoms with Gasteiger partial charge in [0.05, 0.1) is 24.4 Å². The highest BCUT2D eigenvalue weighted by Crippen LogP contribution is 2.49. The zero-order chi connectivity index (χ0) is 18.9. The SMILES string of the molecule is CC(C)Oc1ccc(O)cc1[C@@H]1CO[C@]2(CCCN[C@H]2c2ccccc2)C1. The van der Waals surface area contributed by atoms with Crippen LogP contribution in [0.3, 0.4) is 0 Å². The van der Waals surface area contributed by atoms with Gasteiger partial charge in [-0.1, -0.05) is 30.3 Å². The number of piperidine rings is 1. The molecule has 0 unspecified atom stereocenters. The molecular formula is C23H29NO3. The van der Waals surface area contributed by atoms with E-state index in [1.165, 1.54) is 5.56 Å². The minimum absolute atomic E-state index is 0.0954. The first-order chi connectivity index (χ1) is 13.1. The number of hydrogen-bond acceptors (Lipinski definition) is 4. The van der Waals surface area contributed by atoms with E-state index in [0.717, 1.165) is 37.1 Å². The lowest BCUT2D eigenvalue weighted by atomic mass is 9.77. The smallest absolute Gasteiger partial charge is 0.123 e. The largest absolute Gasteiger partial charge is 0.508 e. The van der Waals surface area contributed by atoms with E-state index in [1.54, 1.807) is 6.07 Å². The highest BCUT2D eigenvalue weighted by atomic mass is 16.5. The zero-order valence-electron chi connectivity index (χ0n) is 16.2. The van der Waals surface area contributed by atoms with Crippen LogP contribution in [0.25, 0.3) is 0 Å². The molecule has 27 heavy (non-hydrogen) atoms. The van der Waals surface area contributed by atoms with Crippen molar-refractivity contribution in [2.24, 2.45) is 0 Å². The number of aromatic hydroxyl groups is 1. The summed E-state index contributed by atoms with van der Waals surface area (Å²) in [7, 11) is 0. The van der Waals surface area contributed by atoms with Crippen molar-refractivity contribution in [1.29, 1.82) is 0 Å². The summed E-state index contributed by atoms with van der Waals surface area (Å²) in [5.74, 6) is 1.36. The fourth-order valence-electron chi connectivity index (χ4n) is 4.62. The summed E-state index contributed by atoms with van der Waals surface area (Å²) in [6, 6.07) is 16.2. The molecule has 2 saturated heterocycles. The minimum atomic E-state index is -0.204. The van der Waals surface area contributed by atoms with Gasteiger partial charge in [-0.15, -0.1) is 0 Å². The van der Waals surface area contributed by atoms with E-state index in [-0.39, 0.29) is 29.4 Å². The highest BCUT2D eigenvalue weighted by molar-refractivity contribution is 5.43. The van der Waals surface area contributed by atoms with Gasteiger partial charge in [-0.25, -0.2) is 0 Å². The van der Waals surface area contributed by atoms with Crippen molar-refractivity contribution in [3.63, 3.8) is 0 Å². The fourth-order valence-corrected chi connectivity index (χ4v) is 4.62. The number of benzene rings is 2. The van der Waals surface area contributed by atoms with E-state index < -0.39 is 0 Å². The van der Waals surface area contributed by atoms with Crippen LogP contribution in [0.15, 0.2) is 48.5 Å². The Bertz CT molecular complexity index is 776. The Morgan fingerprint density at radius 1 is 1.19 bits per heavy atom. The summed E-state index contributed by atoms with van der Waals surface area (Å²) in [5.41, 5.74) is 2.13. The maximum Gasteiger partial charge on any atom is 0.123 e. The van der Waals surface area contributed by atoms with E-state index in [1.807, 2.05) is 26.0 Å². The van der Waals surface area contributed by atoms with Gasteiger partial charge in [-0.3, -0.25) is 0 Å². The topological polar surface area (TPSA) is 50.7 Å². The predicted octanol–water partition coefficient (Wildman–Crippen LogP) is 4.55. The van der Waals surface area contributed by atoms with Crippen molar-refractivity contribution >= 4 is 0 Å². The Morgan fingerprint density at radius 3 is 2.78 bits per heavy atom. The monoisotopic (exact) mass is 367 g/mol. The van der Waals surface area contributed by atoms with Gasteiger partial charge in [0.1, 0.15) is 11.5 Å². The Labute approximate surface area is 161 Å². The molecule has 0 radical (unpaired) electrons. The van der Waals surface area contributed by atoms with Gasteiger partial charge in [0.15, 0.2) is 0 Å². The maximum absolute atomic E-state index is 10.1. The average molecular weight is 367 g/mol. The Hall–Kier alpha value is -2.04. The number of nitrogens with one attached hydrogen (secondary N) is 1. The van der Waals surface area contributed by atoms with E-state index in [9.17, 15) is 5.11 Å². The second-order valence-electron chi connectivity index (χ2n) is 8.07. The molecule has 4 heteroatoms. The molecule has 144 valence electrons. The Morgan fingerprint density at radius 2 is 2.00 bits per heavy atom. The molecule has 3 atom stereocenters. The van der Waals surface area contributed by atoms with Gasteiger partial charge >= 0.3 is 0 Å². The number of hydrogen-bond donors (Lipinski definition) is 2. The molecule has 2 aliphatic heterocycles. The molecule has 0 aromatic heterocycles. The summed E-state index contributed by atoms with van der Waals surface area (Å²) in [6.07, 6.45) is 3.19. The van der Waals surface area contributed by atoms with E-state index in [0.29, 0.717) is 6.61 Å². The van der Waals surface area contributed by atoms with E-state index in [4.69, 9.17) is 9.47 Å². The summed E-state index contributed by atoms with van der Waals surface area (Å²) < 4.78 is 12.5. The van der Waals surface area contributed by atoms with Crippen LogP contribution in [0.5, 0.6) is 11.5 Å². The van der Waals surface area contributed by atoms with Gasteiger partial charge in [0.25, 0.3) is 0 Å². The van der Waals surface area contributed by atoms with E-state index >= 15 is 0 Å². The van der Waals surface area contributed by atoms with Gasteiger partial charge in [0, 0.05) is 11.5 Å². The van der Waals surface area contributed by atoms with Crippen LogP contribution in [0, 0.1) is 0 Å². The van der Waals surface area contributed by atoms with Crippen molar-refractivity contribution in [3.05, 3.63) is 59.7 Å². The lowest BCUT2D eigenvalue weighted by molar-refractivity contribution is -0.0484. The van der Waals surface area contributed by atoms with Gasteiger partial charge in [0.2, 0.25) is 0 Å². The van der Waals surface area contributed by atoms with E-state index in [2.05, 4.69) is 35.6 Å². The standard InChI is InChI=1S/C23H29NO3/c1-16(2)27-21-10-9-19(25)13-20(21)18-14-23(26-15-18)11-6-12-24-22(23)17-7-4-3-5-8-17/h3-5,7-10,13,16,18,22,24-25H,6,11-12,14-15H2,1-2H3/t18-,22-,23+/m0/s1. The highest BCUT2D eigenvalue weighted by Gasteiger charge is 2.49. The van der Waals surface area contributed by atoms with Crippen molar-refractivity contribution in [3.8, 4) is 11.5 Å². The minimum Gasteiger partial charge on any atom is -0.508 e. The van der Waals surface area contributed by atoms with Crippen LogP contribution in [0.1, 0.15) is 56.2 Å². The maximum atomic E-state index is 10.1. The Kier molecular flexibility index (Phi) is 5.11. The van der Waals surface area contributed by atoms with Gasteiger partial charge in [-0.2, -0.15) is 0 Å². The average Bonchev–Trinajstić information content (AvgIpc) is 3.08. The third kappa shape index (κ3) is 3.69. The summed E-state index contributed by atoms with van der Waals surface area (Å²) in [4.78, 5) is 0. The normalized spacial score (nSPS) is 28.0. The van der Waals surface area contributed by atoms with Gasteiger partial charge in [-0.05, 0) is 63.4 Å². The molecule has 4 rings (SSSR count). The van der Waals surface area contributed by atoms with Crippen molar-refractivity contribution < 1.29 is 14.6 Å². The van der Waals surface area contributed by atoms with Crippen LogP contribution in [0.4, 0.5) is 0 Å². The first kappa shape index (κ1) is 18.3. The molecule has 2 aromatic carbocycles. The zero-order valence-corrected chi connectivity index (χ0v) is 16.2.